The smallest absolute Gasteiger partial charge is 0.314 e. The first-order valence-corrected chi connectivity index (χ1v) is 12.7. The van der Waals surface area contributed by atoms with Crippen LogP contribution in [-0.4, -0.2) is 31.4 Å². The molecule has 2 aliphatic carbocycles. The summed E-state index contributed by atoms with van der Waals surface area (Å²) in [5, 5.41) is 8.95. The lowest BCUT2D eigenvalue weighted by Crippen LogP contribution is -2.31. The summed E-state index contributed by atoms with van der Waals surface area (Å²) in [5.74, 6) is 2.03. The molecule has 1 unspecified atom stereocenters. The molecule has 0 spiro atoms. The summed E-state index contributed by atoms with van der Waals surface area (Å²) in [6.07, 6.45) is 9.72. The fraction of sp³-hybridized carbons (Fsp3) is 0.517. The van der Waals surface area contributed by atoms with E-state index < -0.39 is 0 Å². The third-order valence-corrected chi connectivity index (χ3v) is 7.83. The molecular formula is C29H33NO4. The molecule has 0 bridgehead atoms. The summed E-state index contributed by atoms with van der Waals surface area (Å²) in [4.78, 5) is 12.8. The van der Waals surface area contributed by atoms with Crippen LogP contribution in [0.4, 0.5) is 0 Å². The van der Waals surface area contributed by atoms with E-state index in [1.54, 1.807) is 0 Å². The number of carbonyl (C=O) groups is 1. The topological polar surface area (TPSA) is 71.8 Å². The highest BCUT2D eigenvalue weighted by molar-refractivity contribution is 5.75. The largest absolute Gasteiger partial charge is 0.426 e. The Morgan fingerprint density at radius 1 is 0.853 bits per heavy atom. The van der Waals surface area contributed by atoms with Crippen molar-refractivity contribution in [3.05, 3.63) is 54.1 Å². The number of carbonyl (C=O) groups excluding carboxylic acids is 1. The van der Waals surface area contributed by atoms with Gasteiger partial charge in [-0.25, -0.2) is 0 Å². The fourth-order valence-electron chi connectivity index (χ4n) is 5.61. The van der Waals surface area contributed by atoms with Crippen LogP contribution in [0.1, 0.15) is 56.9 Å². The van der Waals surface area contributed by atoms with Crippen LogP contribution >= 0.6 is 0 Å². The molecule has 2 saturated carbocycles. The van der Waals surface area contributed by atoms with Crippen LogP contribution in [0, 0.1) is 29.1 Å². The van der Waals surface area contributed by atoms with E-state index >= 15 is 0 Å². The maximum Gasteiger partial charge on any atom is 0.314 e. The number of benzene rings is 2. The van der Waals surface area contributed by atoms with Crippen molar-refractivity contribution in [2.75, 3.05) is 13.2 Å². The average molecular weight is 460 g/mol. The highest BCUT2D eigenvalue weighted by Crippen LogP contribution is 2.41. The molecule has 1 atom stereocenters. The van der Waals surface area contributed by atoms with Gasteiger partial charge in [-0.2, -0.15) is 5.26 Å². The SMILES string of the molecule is N#Cc1ccc(-c2ccc(OC(=O)C3CCC(C4CCC(OCC5CO5)CC4)CC3)cc2)cc1. The van der Waals surface area contributed by atoms with Gasteiger partial charge in [-0.15, -0.1) is 0 Å². The number of hydrogen-bond donors (Lipinski definition) is 0. The first-order chi connectivity index (χ1) is 16.7. The normalized spacial score (nSPS) is 28.6. The number of hydrogen-bond acceptors (Lipinski definition) is 5. The second-order valence-corrected chi connectivity index (χ2v) is 10.1. The molecule has 1 saturated heterocycles. The van der Waals surface area contributed by atoms with Gasteiger partial charge in [-0.05, 0) is 98.6 Å². The number of nitrogens with zero attached hydrogens (tertiary/aromatic N) is 1. The lowest BCUT2D eigenvalue weighted by molar-refractivity contribution is -0.140. The molecule has 2 aromatic carbocycles. The molecule has 0 aromatic heterocycles. The summed E-state index contributed by atoms with van der Waals surface area (Å²) < 4.78 is 17.0. The molecule has 34 heavy (non-hydrogen) atoms. The second-order valence-electron chi connectivity index (χ2n) is 10.1. The molecule has 2 aromatic rings. The van der Waals surface area contributed by atoms with Crippen molar-refractivity contribution >= 4 is 5.97 Å². The third kappa shape index (κ3) is 5.87. The van der Waals surface area contributed by atoms with Crippen molar-refractivity contribution in [1.82, 2.24) is 0 Å². The van der Waals surface area contributed by atoms with E-state index in [4.69, 9.17) is 19.5 Å². The van der Waals surface area contributed by atoms with Gasteiger partial charge in [-0.3, -0.25) is 4.79 Å². The van der Waals surface area contributed by atoms with Gasteiger partial charge in [0.2, 0.25) is 0 Å². The minimum atomic E-state index is -0.0935. The molecule has 3 fully saturated rings. The molecular weight excluding hydrogens is 426 g/mol. The summed E-state index contributed by atoms with van der Waals surface area (Å²) in [6, 6.07) is 17.2. The second kappa shape index (κ2) is 10.7. The van der Waals surface area contributed by atoms with Crippen molar-refractivity contribution in [1.29, 1.82) is 5.26 Å². The Balaban J connectivity index is 1.05. The Bertz CT molecular complexity index is 990. The van der Waals surface area contributed by atoms with Crippen LogP contribution in [0.25, 0.3) is 11.1 Å². The number of esters is 1. The van der Waals surface area contributed by atoms with Crippen LogP contribution in [0.5, 0.6) is 5.75 Å². The Hall–Kier alpha value is -2.68. The zero-order valence-corrected chi connectivity index (χ0v) is 19.7. The van der Waals surface area contributed by atoms with Gasteiger partial charge in [0, 0.05) is 0 Å². The molecule has 0 amide bonds. The monoisotopic (exact) mass is 459 g/mol. The van der Waals surface area contributed by atoms with Gasteiger partial charge >= 0.3 is 5.97 Å². The first-order valence-electron chi connectivity index (χ1n) is 12.7. The van der Waals surface area contributed by atoms with Crippen molar-refractivity contribution in [3.8, 4) is 22.9 Å². The maximum absolute atomic E-state index is 12.8. The van der Waals surface area contributed by atoms with Gasteiger partial charge in [0.05, 0.1) is 36.9 Å². The number of ether oxygens (including phenoxy) is 3. The lowest BCUT2D eigenvalue weighted by Gasteiger charge is -2.37. The average Bonchev–Trinajstić information content (AvgIpc) is 3.73. The Morgan fingerprint density at radius 2 is 1.41 bits per heavy atom. The summed E-state index contributed by atoms with van der Waals surface area (Å²) in [5.41, 5.74) is 2.71. The van der Waals surface area contributed by atoms with Crippen molar-refractivity contribution in [3.63, 3.8) is 0 Å². The van der Waals surface area contributed by atoms with Gasteiger partial charge < -0.3 is 14.2 Å². The van der Waals surface area contributed by atoms with Crippen LogP contribution in [0.2, 0.25) is 0 Å². The molecule has 1 heterocycles. The van der Waals surface area contributed by atoms with E-state index in [0.717, 1.165) is 74.7 Å². The van der Waals surface area contributed by atoms with E-state index in [2.05, 4.69) is 6.07 Å². The Morgan fingerprint density at radius 3 is 1.97 bits per heavy atom. The van der Waals surface area contributed by atoms with E-state index in [9.17, 15) is 4.79 Å². The lowest BCUT2D eigenvalue weighted by atomic mass is 9.70. The zero-order chi connectivity index (χ0) is 23.3. The van der Waals surface area contributed by atoms with Crippen LogP contribution < -0.4 is 4.74 Å². The van der Waals surface area contributed by atoms with E-state index in [0.29, 0.717) is 23.5 Å². The minimum absolute atomic E-state index is 0.00710. The van der Waals surface area contributed by atoms with E-state index in [1.807, 2.05) is 48.5 Å². The zero-order valence-electron chi connectivity index (χ0n) is 19.7. The maximum atomic E-state index is 12.8. The van der Waals surface area contributed by atoms with E-state index in [-0.39, 0.29) is 11.9 Å². The quantitative estimate of drug-likeness (QED) is 0.292. The van der Waals surface area contributed by atoms with Crippen molar-refractivity contribution in [2.24, 2.45) is 17.8 Å². The van der Waals surface area contributed by atoms with Crippen LogP contribution in [0.3, 0.4) is 0 Å². The number of nitriles is 1. The molecule has 178 valence electrons. The summed E-state index contributed by atoms with van der Waals surface area (Å²) in [6.45, 7) is 1.63. The predicted molar refractivity (Wildman–Crippen MR) is 129 cm³/mol. The molecule has 3 aliphatic rings. The predicted octanol–water partition coefficient (Wildman–Crippen LogP) is 5.91. The minimum Gasteiger partial charge on any atom is -0.426 e. The fourth-order valence-corrected chi connectivity index (χ4v) is 5.61. The summed E-state index contributed by atoms with van der Waals surface area (Å²) in [7, 11) is 0. The highest BCUT2D eigenvalue weighted by atomic mass is 16.6. The number of rotatable bonds is 7. The molecule has 1 aliphatic heterocycles. The highest BCUT2D eigenvalue weighted by Gasteiger charge is 2.34. The first kappa shape index (κ1) is 23.1. The molecule has 5 rings (SSSR count). The van der Waals surface area contributed by atoms with Gasteiger partial charge in [0.15, 0.2) is 0 Å². The van der Waals surface area contributed by atoms with Crippen LogP contribution in [-0.2, 0) is 14.3 Å². The Labute approximate surface area is 202 Å². The van der Waals surface area contributed by atoms with Crippen LogP contribution in [0.15, 0.2) is 48.5 Å². The van der Waals surface area contributed by atoms with Crippen molar-refractivity contribution < 1.29 is 19.0 Å². The number of epoxide rings is 1. The molecule has 5 heteroatoms. The summed E-state index contributed by atoms with van der Waals surface area (Å²) >= 11 is 0. The standard InChI is InChI=1S/C29H33NO4/c30-17-20-1-3-21(4-2-20)24-11-15-27(16-12-24)34-29(31)25-7-5-22(6-8-25)23-9-13-26(14-10-23)32-18-28-19-33-28/h1-4,11-12,15-16,22-23,25-26,28H,5-10,13-14,18-19H2. The molecule has 5 nitrogen and oxygen atoms in total. The Kier molecular flexibility index (Phi) is 7.27. The van der Waals surface area contributed by atoms with Gasteiger partial charge in [-0.1, -0.05) is 24.3 Å². The van der Waals surface area contributed by atoms with Crippen molar-refractivity contribution in [2.45, 2.75) is 63.6 Å². The van der Waals surface area contributed by atoms with E-state index in [1.165, 1.54) is 12.8 Å². The van der Waals surface area contributed by atoms with Gasteiger partial charge in [0.25, 0.3) is 0 Å². The molecule has 0 radical (unpaired) electrons. The van der Waals surface area contributed by atoms with Gasteiger partial charge in [0.1, 0.15) is 11.9 Å². The third-order valence-electron chi connectivity index (χ3n) is 7.83. The molecule has 0 N–H and O–H groups in total.